The van der Waals surface area contributed by atoms with Crippen molar-refractivity contribution < 1.29 is 4.79 Å². The molecule has 0 heterocycles. The highest BCUT2D eigenvalue weighted by atomic mass is 35.5. The molecule has 0 aromatic rings. The topological polar surface area (TPSA) is 55.1 Å². The molecule has 0 radical (unpaired) electrons. The third-order valence-electron chi connectivity index (χ3n) is 4.15. The van der Waals surface area contributed by atoms with Crippen LogP contribution in [0, 0.1) is 5.92 Å². The Kier molecular flexibility index (Phi) is 10.3. The Morgan fingerprint density at radius 2 is 1.89 bits per heavy atom. The third-order valence-corrected chi connectivity index (χ3v) is 4.15. The van der Waals surface area contributed by atoms with Crippen molar-refractivity contribution in [3.63, 3.8) is 0 Å². The van der Waals surface area contributed by atoms with Crippen molar-refractivity contribution in [1.82, 2.24) is 5.32 Å². The van der Waals surface area contributed by atoms with Crippen molar-refractivity contribution in [2.75, 3.05) is 0 Å². The summed E-state index contributed by atoms with van der Waals surface area (Å²) in [5, 5.41) is 3.19. The van der Waals surface area contributed by atoms with Crippen molar-refractivity contribution in [1.29, 1.82) is 0 Å². The lowest BCUT2D eigenvalue weighted by molar-refractivity contribution is -0.123. The van der Waals surface area contributed by atoms with E-state index < -0.39 is 0 Å². The average molecular weight is 291 g/mol. The van der Waals surface area contributed by atoms with E-state index in [4.69, 9.17) is 5.73 Å². The fraction of sp³-hybridized carbons (Fsp3) is 0.933. The minimum atomic E-state index is 0. The Bertz CT molecular complexity index is 232. The van der Waals surface area contributed by atoms with Gasteiger partial charge in [0.2, 0.25) is 5.91 Å². The van der Waals surface area contributed by atoms with Gasteiger partial charge in [-0.1, -0.05) is 33.1 Å². The molecule has 0 aromatic carbocycles. The lowest BCUT2D eigenvalue weighted by Gasteiger charge is -2.27. The molecule has 4 heteroatoms. The molecule has 1 unspecified atom stereocenters. The van der Waals surface area contributed by atoms with Crippen LogP contribution in [-0.4, -0.2) is 18.0 Å². The number of halogens is 1. The number of carbonyl (C=O) groups excluding carboxylic acids is 1. The zero-order valence-corrected chi connectivity index (χ0v) is 13.3. The van der Waals surface area contributed by atoms with Gasteiger partial charge in [-0.25, -0.2) is 0 Å². The predicted octanol–water partition coefficient (Wildman–Crippen LogP) is 3.40. The first-order valence-electron chi connectivity index (χ1n) is 7.70. The van der Waals surface area contributed by atoms with E-state index in [-0.39, 0.29) is 18.3 Å². The van der Waals surface area contributed by atoms with Gasteiger partial charge in [0.15, 0.2) is 0 Å². The van der Waals surface area contributed by atoms with E-state index in [0.717, 1.165) is 32.1 Å². The van der Waals surface area contributed by atoms with Gasteiger partial charge in [-0.2, -0.15) is 0 Å². The Hall–Kier alpha value is -0.280. The number of amides is 1. The lowest BCUT2D eigenvalue weighted by Crippen LogP contribution is -2.40. The molecule has 1 rings (SSSR count). The second kappa shape index (κ2) is 10.5. The zero-order valence-electron chi connectivity index (χ0n) is 12.5. The van der Waals surface area contributed by atoms with E-state index in [1.165, 1.54) is 19.3 Å². The second-order valence-corrected chi connectivity index (χ2v) is 5.80. The van der Waals surface area contributed by atoms with E-state index in [0.29, 0.717) is 24.4 Å². The summed E-state index contributed by atoms with van der Waals surface area (Å²) in [4.78, 5) is 12.0. The monoisotopic (exact) mass is 290 g/mol. The Morgan fingerprint density at radius 3 is 2.42 bits per heavy atom. The van der Waals surface area contributed by atoms with Gasteiger partial charge in [0.05, 0.1) is 0 Å². The first-order valence-corrected chi connectivity index (χ1v) is 7.70. The number of carbonyl (C=O) groups is 1. The van der Waals surface area contributed by atoms with Crippen molar-refractivity contribution in [2.45, 2.75) is 83.7 Å². The summed E-state index contributed by atoms with van der Waals surface area (Å²) in [7, 11) is 0. The Balaban J connectivity index is 0.00000324. The van der Waals surface area contributed by atoms with Crippen LogP contribution >= 0.6 is 12.4 Å². The SMILES string of the molecule is CCCCC(CC)CC(=O)NC1CCC(N)CC1.Cl. The fourth-order valence-electron chi connectivity index (χ4n) is 2.76. The molecule has 0 bridgehead atoms. The smallest absolute Gasteiger partial charge is 0.220 e. The van der Waals surface area contributed by atoms with Crippen molar-refractivity contribution in [3.8, 4) is 0 Å². The number of hydrogen-bond donors (Lipinski definition) is 2. The molecule has 1 aliphatic carbocycles. The molecule has 19 heavy (non-hydrogen) atoms. The normalized spacial score (nSPS) is 24.4. The molecule has 0 aliphatic heterocycles. The second-order valence-electron chi connectivity index (χ2n) is 5.80. The summed E-state index contributed by atoms with van der Waals surface area (Å²) in [6, 6.07) is 0.729. The van der Waals surface area contributed by atoms with Crippen LogP contribution in [0.15, 0.2) is 0 Å². The number of rotatable bonds is 7. The molecule has 1 aliphatic rings. The molecule has 0 aromatic heterocycles. The van der Waals surface area contributed by atoms with E-state index in [2.05, 4.69) is 19.2 Å². The first-order chi connectivity index (χ1) is 8.65. The van der Waals surface area contributed by atoms with Gasteiger partial charge < -0.3 is 11.1 Å². The molecule has 0 saturated heterocycles. The van der Waals surface area contributed by atoms with E-state index in [1.807, 2.05) is 0 Å². The van der Waals surface area contributed by atoms with Crippen LogP contribution in [0.5, 0.6) is 0 Å². The minimum absolute atomic E-state index is 0. The standard InChI is InChI=1S/C15H30N2O.ClH/c1-3-5-6-12(4-2)11-15(18)17-14-9-7-13(16)8-10-14;/h12-14H,3-11,16H2,1-2H3,(H,17,18);1H. The number of hydrogen-bond acceptors (Lipinski definition) is 2. The quantitative estimate of drug-likeness (QED) is 0.755. The molecule has 114 valence electrons. The van der Waals surface area contributed by atoms with Gasteiger partial charge in [-0.05, 0) is 38.0 Å². The van der Waals surface area contributed by atoms with Crippen LogP contribution in [0.4, 0.5) is 0 Å². The highest BCUT2D eigenvalue weighted by Gasteiger charge is 2.21. The molecule has 3 nitrogen and oxygen atoms in total. The highest BCUT2D eigenvalue weighted by Crippen LogP contribution is 2.19. The molecule has 1 atom stereocenters. The van der Waals surface area contributed by atoms with Crippen LogP contribution in [0.1, 0.15) is 71.6 Å². The molecule has 3 N–H and O–H groups in total. The maximum atomic E-state index is 12.0. The summed E-state index contributed by atoms with van der Waals surface area (Å²) in [6.07, 6.45) is 9.69. The molecule has 1 saturated carbocycles. The first kappa shape index (κ1) is 18.7. The van der Waals surface area contributed by atoms with Gasteiger partial charge in [-0.15, -0.1) is 12.4 Å². The number of nitrogens with one attached hydrogen (secondary N) is 1. The lowest BCUT2D eigenvalue weighted by atomic mass is 9.91. The number of nitrogens with two attached hydrogens (primary N) is 1. The number of unbranched alkanes of at least 4 members (excludes halogenated alkanes) is 1. The summed E-state index contributed by atoms with van der Waals surface area (Å²) in [6.45, 7) is 4.39. The maximum Gasteiger partial charge on any atom is 0.220 e. The van der Waals surface area contributed by atoms with Crippen LogP contribution in [-0.2, 0) is 4.79 Å². The molecular formula is C15H31ClN2O. The van der Waals surface area contributed by atoms with Crippen molar-refractivity contribution >= 4 is 18.3 Å². The summed E-state index contributed by atoms with van der Waals surface area (Å²) >= 11 is 0. The van der Waals surface area contributed by atoms with Crippen molar-refractivity contribution in [2.24, 2.45) is 11.7 Å². The van der Waals surface area contributed by atoms with Gasteiger partial charge in [0.1, 0.15) is 0 Å². The summed E-state index contributed by atoms with van der Waals surface area (Å²) < 4.78 is 0. The van der Waals surface area contributed by atoms with Gasteiger partial charge >= 0.3 is 0 Å². The largest absolute Gasteiger partial charge is 0.353 e. The zero-order chi connectivity index (χ0) is 13.4. The molecule has 0 spiro atoms. The molecular weight excluding hydrogens is 260 g/mol. The fourth-order valence-corrected chi connectivity index (χ4v) is 2.76. The summed E-state index contributed by atoms with van der Waals surface area (Å²) in [5.41, 5.74) is 5.87. The Labute approximate surface area is 124 Å². The maximum absolute atomic E-state index is 12.0. The summed E-state index contributed by atoms with van der Waals surface area (Å²) in [5.74, 6) is 0.814. The van der Waals surface area contributed by atoms with E-state index in [9.17, 15) is 4.79 Å². The van der Waals surface area contributed by atoms with Crippen LogP contribution in [0.25, 0.3) is 0 Å². The molecule has 1 amide bonds. The van der Waals surface area contributed by atoms with Gasteiger partial charge in [0, 0.05) is 18.5 Å². The van der Waals surface area contributed by atoms with Gasteiger partial charge in [0.25, 0.3) is 0 Å². The van der Waals surface area contributed by atoms with Crippen molar-refractivity contribution in [3.05, 3.63) is 0 Å². The predicted molar refractivity (Wildman–Crippen MR) is 83.5 cm³/mol. The van der Waals surface area contributed by atoms with Crippen LogP contribution in [0.2, 0.25) is 0 Å². The van der Waals surface area contributed by atoms with Gasteiger partial charge in [-0.3, -0.25) is 4.79 Å². The van der Waals surface area contributed by atoms with E-state index in [1.54, 1.807) is 0 Å². The molecule has 1 fully saturated rings. The third kappa shape index (κ3) is 7.78. The average Bonchev–Trinajstić information content (AvgIpc) is 2.37. The van der Waals surface area contributed by atoms with Crippen LogP contribution in [0.3, 0.4) is 0 Å². The van der Waals surface area contributed by atoms with Crippen LogP contribution < -0.4 is 11.1 Å². The highest BCUT2D eigenvalue weighted by molar-refractivity contribution is 5.85. The van der Waals surface area contributed by atoms with E-state index >= 15 is 0 Å². The Morgan fingerprint density at radius 1 is 1.26 bits per heavy atom. The minimum Gasteiger partial charge on any atom is -0.353 e.